The second kappa shape index (κ2) is 7.65. The van der Waals surface area contributed by atoms with Crippen molar-refractivity contribution in [3.63, 3.8) is 0 Å². The van der Waals surface area contributed by atoms with E-state index in [0.717, 1.165) is 17.6 Å². The maximum atomic E-state index is 11.4. The van der Waals surface area contributed by atoms with Crippen LogP contribution in [0.15, 0.2) is 22.7 Å². The molecule has 3 nitrogen and oxygen atoms in total. The number of nitrogens with zero attached hydrogens (tertiary/aromatic N) is 1. The smallest absolute Gasteiger partial charge is 0.337 e. The lowest BCUT2D eigenvalue weighted by molar-refractivity contribution is 0.0600. The number of esters is 1. The summed E-state index contributed by atoms with van der Waals surface area (Å²) in [5.74, 6) is 0.387. The molecule has 1 rings (SSSR count). The summed E-state index contributed by atoms with van der Waals surface area (Å²) >= 11 is 3.52. The predicted octanol–water partition coefficient (Wildman–Crippen LogP) is 3.71. The van der Waals surface area contributed by atoms with Crippen molar-refractivity contribution in [3.8, 4) is 0 Å². The van der Waals surface area contributed by atoms with Crippen LogP contribution in [0.25, 0.3) is 0 Å². The van der Waals surface area contributed by atoms with E-state index in [9.17, 15) is 4.79 Å². The molecule has 0 aliphatic heterocycles. The van der Waals surface area contributed by atoms with E-state index < -0.39 is 0 Å². The maximum absolute atomic E-state index is 11.4. The van der Waals surface area contributed by atoms with Crippen molar-refractivity contribution < 1.29 is 9.53 Å². The number of hydrogen-bond acceptors (Lipinski definition) is 3. The third kappa shape index (κ3) is 4.96. The molecule has 0 fully saturated rings. The first-order valence-electron chi connectivity index (χ1n) is 6.53. The number of carbonyl (C=O) groups excluding carboxylic acids is 1. The zero-order valence-corrected chi connectivity index (χ0v) is 13.7. The first-order chi connectivity index (χ1) is 8.97. The van der Waals surface area contributed by atoms with Gasteiger partial charge in [0.15, 0.2) is 0 Å². The van der Waals surface area contributed by atoms with Crippen LogP contribution >= 0.6 is 15.9 Å². The van der Waals surface area contributed by atoms with E-state index >= 15 is 0 Å². The highest BCUT2D eigenvalue weighted by atomic mass is 79.9. The Hall–Kier alpha value is -0.870. The maximum Gasteiger partial charge on any atom is 0.337 e. The Morgan fingerprint density at radius 3 is 2.68 bits per heavy atom. The van der Waals surface area contributed by atoms with Gasteiger partial charge in [-0.2, -0.15) is 0 Å². The Balaban J connectivity index is 2.72. The van der Waals surface area contributed by atoms with E-state index in [2.05, 4.69) is 41.7 Å². The lowest BCUT2D eigenvalue weighted by atomic mass is 10.1. The highest BCUT2D eigenvalue weighted by molar-refractivity contribution is 9.10. The number of carbonyl (C=O) groups is 1. The summed E-state index contributed by atoms with van der Waals surface area (Å²) in [6.45, 7) is 6.40. The summed E-state index contributed by atoms with van der Waals surface area (Å²) < 4.78 is 5.66. The van der Waals surface area contributed by atoms with E-state index in [-0.39, 0.29) is 5.97 Å². The summed E-state index contributed by atoms with van der Waals surface area (Å²) in [5, 5.41) is 0. The summed E-state index contributed by atoms with van der Waals surface area (Å²) in [6, 6.07) is 5.60. The summed E-state index contributed by atoms with van der Waals surface area (Å²) in [6.07, 6.45) is 1.19. The lowest BCUT2D eigenvalue weighted by Gasteiger charge is -2.21. The Morgan fingerprint density at radius 1 is 1.47 bits per heavy atom. The van der Waals surface area contributed by atoms with E-state index in [1.807, 2.05) is 18.2 Å². The van der Waals surface area contributed by atoms with Crippen LogP contribution in [0.1, 0.15) is 36.2 Å². The van der Waals surface area contributed by atoms with Crippen LogP contribution < -0.4 is 0 Å². The van der Waals surface area contributed by atoms with E-state index in [0.29, 0.717) is 11.5 Å². The number of ether oxygens (including phenoxy) is 1. The third-order valence-electron chi connectivity index (χ3n) is 3.23. The molecule has 1 aromatic rings. The lowest BCUT2D eigenvalue weighted by Crippen LogP contribution is -2.24. The van der Waals surface area contributed by atoms with Gasteiger partial charge in [0.1, 0.15) is 0 Å². The van der Waals surface area contributed by atoms with Gasteiger partial charge in [0.2, 0.25) is 0 Å². The molecule has 0 aliphatic rings. The van der Waals surface area contributed by atoms with Crippen molar-refractivity contribution in [2.75, 3.05) is 20.7 Å². The van der Waals surface area contributed by atoms with Gasteiger partial charge in [-0.05, 0) is 30.7 Å². The molecular formula is C15H22BrNO2. The molecule has 4 heteroatoms. The van der Waals surface area contributed by atoms with Crippen molar-refractivity contribution in [3.05, 3.63) is 33.8 Å². The van der Waals surface area contributed by atoms with Crippen molar-refractivity contribution in [2.24, 2.45) is 5.92 Å². The molecule has 1 atom stereocenters. The first kappa shape index (κ1) is 16.2. The molecule has 0 aromatic heterocycles. The molecule has 0 heterocycles. The van der Waals surface area contributed by atoms with Gasteiger partial charge in [0, 0.05) is 17.6 Å². The van der Waals surface area contributed by atoms with Gasteiger partial charge in [0.05, 0.1) is 12.7 Å². The topological polar surface area (TPSA) is 29.5 Å². The molecule has 0 radical (unpaired) electrons. The van der Waals surface area contributed by atoms with Crippen LogP contribution in [0.3, 0.4) is 0 Å². The summed E-state index contributed by atoms with van der Waals surface area (Å²) in [4.78, 5) is 13.7. The van der Waals surface area contributed by atoms with Crippen LogP contribution in [0.5, 0.6) is 0 Å². The molecule has 1 aromatic carbocycles. The van der Waals surface area contributed by atoms with Gasteiger partial charge in [-0.15, -0.1) is 0 Å². The van der Waals surface area contributed by atoms with Crippen molar-refractivity contribution in [2.45, 2.75) is 26.8 Å². The van der Waals surface area contributed by atoms with E-state index in [1.54, 1.807) is 0 Å². The normalized spacial score (nSPS) is 12.5. The predicted molar refractivity (Wildman–Crippen MR) is 81.3 cm³/mol. The first-order valence-corrected chi connectivity index (χ1v) is 7.32. The fourth-order valence-corrected chi connectivity index (χ4v) is 2.44. The fraction of sp³-hybridized carbons (Fsp3) is 0.533. The van der Waals surface area contributed by atoms with Crippen LogP contribution in [-0.4, -0.2) is 31.6 Å². The minimum Gasteiger partial charge on any atom is -0.465 e. The molecular weight excluding hydrogens is 306 g/mol. The molecule has 19 heavy (non-hydrogen) atoms. The molecule has 0 bridgehead atoms. The average Bonchev–Trinajstić information content (AvgIpc) is 2.39. The molecule has 0 N–H and O–H groups in total. The second-order valence-electron chi connectivity index (χ2n) is 5.01. The summed E-state index contributed by atoms with van der Waals surface area (Å²) in [5.41, 5.74) is 1.75. The fourth-order valence-electron chi connectivity index (χ4n) is 1.94. The highest BCUT2D eigenvalue weighted by Gasteiger charge is 2.11. The molecule has 106 valence electrons. The van der Waals surface area contributed by atoms with Crippen LogP contribution in [-0.2, 0) is 11.3 Å². The van der Waals surface area contributed by atoms with Crippen molar-refractivity contribution >= 4 is 21.9 Å². The van der Waals surface area contributed by atoms with Gasteiger partial charge in [0.25, 0.3) is 0 Å². The number of methoxy groups -OCH3 is 1. The number of hydrogen-bond donors (Lipinski definition) is 0. The molecule has 0 saturated heterocycles. The van der Waals surface area contributed by atoms with Crippen molar-refractivity contribution in [1.29, 1.82) is 0 Å². The van der Waals surface area contributed by atoms with Gasteiger partial charge in [-0.1, -0.05) is 42.3 Å². The Labute approximate surface area is 124 Å². The Bertz CT molecular complexity index is 434. The van der Waals surface area contributed by atoms with Gasteiger partial charge in [-0.25, -0.2) is 4.79 Å². The van der Waals surface area contributed by atoms with Crippen LogP contribution in [0.4, 0.5) is 0 Å². The minimum atomic E-state index is -0.305. The largest absolute Gasteiger partial charge is 0.465 e. The number of rotatable bonds is 6. The van der Waals surface area contributed by atoms with Gasteiger partial charge < -0.3 is 9.64 Å². The van der Waals surface area contributed by atoms with E-state index in [4.69, 9.17) is 4.74 Å². The molecule has 0 saturated carbocycles. The Morgan fingerprint density at radius 2 is 2.16 bits per heavy atom. The Kier molecular flexibility index (Phi) is 6.52. The highest BCUT2D eigenvalue weighted by Crippen LogP contribution is 2.21. The molecule has 1 unspecified atom stereocenters. The monoisotopic (exact) mass is 327 g/mol. The third-order valence-corrected chi connectivity index (χ3v) is 3.97. The number of benzene rings is 1. The van der Waals surface area contributed by atoms with Crippen molar-refractivity contribution in [1.82, 2.24) is 4.90 Å². The van der Waals surface area contributed by atoms with E-state index in [1.165, 1.54) is 19.1 Å². The van der Waals surface area contributed by atoms with Crippen LogP contribution in [0.2, 0.25) is 0 Å². The molecule has 0 aliphatic carbocycles. The second-order valence-corrected chi connectivity index (χ2v) is 5.86. The zero-order chi connectivity index (χ0) is 14.4. The van der Waals surface area contributed by atoms with Crippen LogP contribution in [0, 0.1) is 5.92 Å². The quantitative estimate of drug-likeness (QED) is 0.746. The molecule has 0 spiro atoms. The summed E-state index contributed by atoms with van der Waals surface area (Å²) in [7, 11) is 3.51. The average molecular weight is 328 g/mol. The molecule has 0 amide bonds. The number of halogens is 1. The SMILES string of the molecule is CCC(C)CN(C)Cc1ccc(C(=O)OC)cc1Br. The van der Waals surface area contributed by atoms with Gasteiger partial charge in [-0.3, -0.25) is 0 Å². The zero-order valence-electron chi connectivity index (χ0n) is 12.1. The van der Waals surface area contributed by atoms with Gasteiger partial charge >= 0.3 is 5.97 Å². The standard InChI is InChI=1S/C15H22BrNO2/c1-5-11(2)9-17(3)10-13-7-6-12(8-14(13)16)15(18)19-4/h6-8,11H,5,9-10H2,1-4H3. The minimum absolute atomic E-state index is 0.305.